The van der Waals surface area contributed by atoms with Crippen LogP contribution in [0.3, 0.4) is 0 Å². The lowest BCUT2D eigenvalue weighted by Crippen LogP contribution is -2.50. The van der Waals surface area contributed by atoms with Crippen molar-refractivity contribution in [2.45, 2.75) is 45.8 Å². The van der Waals surface area contributed by atoms with Crippen molar-refractivity contribution in [3.63, 3.8) is 0 Å². The molecular formula is C17H23N3O3S. The van der Waals surface area contributed by atoms with Crippen molar-refractivity contribution < 1.29 is 14.0 Å². The molecule has 2 rings (SSSR count). The summed E-state index contributed by atoms with van der Waals surface area (Å²) < 4.78 is 5.14. The molecule has 24 heavy (non-hydrogen) atoms. The first-order chi connectivity index (χ1) is 11.4. The van der Waals surface area contributed by atoms with Crippen LogP contribution in [0.2, 0.25) is 0 Å². The standard InChI is InChI=1S/C17H23N3O3S/c1-11(9-15-7-6-12(2)24-15)19-17(22)20-13(3)16(21)18-10-14-5-4-8-23-14/h4-8,11,13H,9-10H2,1-3H3,(H,18,21)(H2,19,20,22)/t11-,13+/m0/s1. The van der Waals surface area contributed by atoms with Gasteiger partial charge >= 0.3 is 6.03 Å². The Morgan fingerprint density at radius 1 is 1.21 bits per heavy atom. The molecule has 3 N–H and O–H groups in total. The summed E-state index contributed by atoms with van der Waals surface area (Å²) in [5, 5.41) is 8.21. The molecule has 0 aliphatic carbocycles. The first kappa shape index (κ1) is 18.1. The van der Waals surface area contributed by atoms with E-state index in [0.29, 0.717) is 12.3 Å². The molecular weight excluding hydrogens is 326 g/mol. The van der Waals surface area contributed by atoms with Gasteiger partial charge in [0.25, 0.3) is 0 Å². The van der Waals surface area contributed by atoms with Gasteiger partial charge in [-0.3, -0.25) is 4.79 Å². The molecule has 2 aromatic heterocycles. The van der Waals surface area contributed by atoms with Crippen LogP contribution in [0, 0.1) is 6.92 Å². The van der Waals surface area contributed by atoms with Gasteiger partial charge in [-0.05, 0) is 45.0 Å². The summed E-state index contributed by atoms with van der Waals surface area (Å²) in [4.78, 5) is 26.4. The van der Waals surface area contributed by atoms with Crippen molar-refractivity contribution >= 4 is 23.3 Å². The minimum Gasteiger partial charge on any atom is -0.467 e. The van der Waals surface area contributed by atoms with E-state index in [1.54, 1.807) is 36.7 Å². The number of aryl methyl sites for hydroxylation is 1. The molecule has 6 nitrogen and oxygen atoms in total. The third-order valence-electron chi connectivity index (χ3n) is 3.44. The smallest absolute Gasteiger partial charge is 0.315 e. The molecule has 0 aromatic carbocycles. The summed E-state index contributed by atoms with van der Waals surface area (Å²) >= 11 is 1.72. The second-order valence-corrected chi connectivity index (χ2v) is 7.13. The van der Waals surface area contributed by atoms with Gasteiger partial charge in [0.2, 0.25) is 5.91 Å². The van der Waals surface area contributed by atoms with Crippen molar-refractivity contribution in [1.29, 1.82) is 0 Å². The monoisotopic (exact) mass is 349 g/mol. The molecule has 0 unspecified atom stereocenters. The zero-order valence-electron chi connectivity index (χ0n) is 14.1. The van der Waals surface area contributed by atoms with Gasteiger partial charge in [0.1, 0.15) is 11.8 Å². The normalized spacial score (nSPS) is 13.1. The lowest BCUT2D eigenvalue weighted by Gasteiger charge is -2.17. The Morgan fingerprint density at radius 2 is 2.00 bits per heavy atom. The molecule has 0 saturated heterocycles. The topological polar surface area (TPSA) is 83.4 Å². The predicted octanol–water partition coefficient (Wildman–Crippen LogP) is 2.58. The Labute approximate surface area is 145 Å². The highest BCUT2D eigenvalue weighted by molar-refractivity contribution is 7.11. The second-order valence-electron chi connectivity index (χ2n) is 5.75. The molecule has 0 radical (unpaired) electrons. The average Bonchev–Trinajstić information content (AvgIpc) is 3.16. The van der Waals surface area contributed by atoms with Crippen molar-refractivity contribution in [3.05, 3.63) is 46.0 Å². The van der Waals surface area contributed by atoms with E-state index in [1.165, 1.54) is 9.75 Å². The molecule has 2 atom stereocenters. The van der Waals surface area contributed by atoms with Crippen LogP contribution < -0.4 is 16.0 Å². The Morgan fingerprint density at radius 3 is 2.62 bits per heavy atom. The Bertz CT molecular complexity index is 666. The molecule has 2 aromatic rings. The van der Waals surface area contributed by atoms with Crippen molar-refractivity contribution in [2.75, 3.05) is 0 Å². The molecule has 0 fully saturated rings. The van der Waals surface area contributed by atoms with Gasteiger partial charge in [-0.25, -0.2) is 4.79 Å². The Hall–Kier alpha value is -2.28. The van der Waals surface area contributed by atoms with Crippen LogP contribution in [0.25, 0.3) is 0 Å². The fourth-order valence-electron chi connectivity index (χ4n) is 2.22. The first-order valence-electron chi connectivity index (χ1n) is 7.86. The number of thiophene rings is 1. The number of furan rings is 1. The minimum absolute atomic E-state index is 0.0126. The first-order valence-corrected chi connectivity index (χ1v) is 8.68. The van der Waals surface area contributed by atoms with E-state index < -0.39 is 6.04 Å². The van der Waals surface area contributed by atoms with Crippen LogP contribution in [-0.4, -0.2) is 24.0 Å². The highest BCUT2D eigenvalue weighted by Gasteiger charge is 2.17. The van der Waals surface area contributed by atoms with Crippen molar-refractivity contribution in [1.82, 2.24) is 16.0 Å². The number of carbonyl (C=O) groups excluding carboxylic acids is 2. The summed E-state index contributed by atoms with van der Waals surface area (Å²) in [5.41, 5.74) is 0. The highest BCUT2D eigenvalue weighted by Crippen LogP contribution is 2.16. The zero-order valence-corrected chi connectivity index (χ0v) is 14.9. The number of hydrogen-bond donors (Lipinski definition) is 3. The number of nitrogens with one attached hydrogen (secondary N) is 3. The summed E-state index contributed by atoms with van der Waals surface area (Å²) in [6, 6.07) is 6.68. The molecule has 0 aliphatic rings. The fraction of sp³-hybridized carbons (Fsp3) is 0.412. The highest BCUT2D eigenvalue weighted by atomic mass is 32.1. The van der Waals surface area contributed by atoms with Crippen LogP contribution in [-0.2, 0) is 17.8 Å². The van der Waals surface area contributed by atoms with Gasteiger partial charge in [0.05, 0.1) is 12.8 Å². The van der Waals surface area contributed by atoms with E-state index in [9.17, 15) is 9.59 Å². The van der Waals surface area contributed by atoms with Gasteiger partial charge in [-0.1, -0.05) is 0 Å². The van der Waals surface area contributed by atoms with E-state index >= 15 is 0 Å². The quantitative estimate of drug-likeness (QED) is 0.718. The van der Waals surface area contributed by atoms with E-state index in [4.69, 9.17) is 4.42 Å². The Kier molecular flexibility index (Phi) is 6.43. The van der Waals surface area contributed by atoms with Gasteiger partial charge in [0.15, 0.2) is 0 Å². The number of urea groups is 1. The lowest BCUT2D eigenvalue weighted by molar-refractivity contribution is -0.122. The molecule has 130 valence electrons. The van der Waals surface area contributed by atoms with E-state index in [2.05, 4.69) is 35.0 Å². The molecule has 0 bridgehead atoms. The van der Waals surface area contributed by atoms with E-state index in [-0.39, 0.29) is 18.0 Å². The number of carbonyl (C=O) groups is 2. The summed E-state index contributed by atoms with van der Waals surface area (Å²) in [6.45, 7) is 5.94. The van der Waals surface area contributed by atoms with Crippen LogP contribution in [0.15, 0.2) is 34.9 Å². The van der Waals surface area contributed by atoms with Crippen LogP contribution >= 0.6 is 11.3 Å². The SMILES string of the molecule is Cc1ccc(C[C@H](C)NC(=O)N[C@H](C)C(=O)NCc2ccco2)s1. The third-order valence-corrected chi connectivity index (χ3v) is 4.46. The average molecular weight is 349 g/mol. The number of rotatable bonds is 7. The third kappa shape index (κ3) is 5.73. The van der Waals surface area contributed by atoms with Crippen LogP contribution in [0.1, 0.15) is 29.4 Å². The second kappa shape index (κ2) is 8.54. The molecule has 0 aliphatic heterocycles. The molecule has 0 saturated carbocycles. The lowest BCUT2D eigenvalue weighted by atomic mass is 10.2. The molecule has 0 spiro atoms. The van der Waals surface area contributed by atoms with E-state index in [1.807, 2.05) is 6.92 Å². The number of hydrogen-bond acceptors (Lipinski definition) is 4. The molecule has 2 heterocycles. The minimum atomic E-state index is -0.629. The predicted molar refractivity (Wildman–Crippen MR) is 93.9 cm³/mol. The van der Waals surface area contributed by atoms with Crippen molar-refractivity contribution in [3.8, 4) is 0 Å². The van der Waals surface area contributed by atoms with E-state index in [0.717, 1.165) is 6.42 Å². The maximum Gasteiger partial charge on any atom is 0.315 e. The number of amides is 3. The summed E-state index contributed by atoms with van der Waals surface area (Å²) in [7, 11) is 0. The summed E-state index contributed by atoms with van der Waals surface area (Å²) in [5.74, 6) is 0.406. The van der Waals surface area contributed by atoms with Crippen LogP contribution in [0.5, 0.6) is 0 Å². The van der Waals surface area contributed by atoms with Gasteiger partial charge in [-0.2, -0.15) is 0 Å². The van der Waals surface area contributed by atoms with Gasteiger partial charge < -0.3 is 20.4 Å². The summed E-state index contributed by atoms with van der Waals surface area (Å²) in [6.07, 6.45) is 2.32. The molecule has 3 amide bonds. The fourth-order valence-corrected chi connectivity index (χ4v) is 3.23. The Balaban J connectivity index is 1.71. The maximum atomic E-state index is 12.0. The zero-order chi connectivity index (χ0) is 17.5. The van der Waals surface area contributed by atoms with Gasteiger partial charge in [0, 0.05) is 22.2 Å². The van der Waals surface area contributed by atoms with Crippen LogP contribution in [0.4, 0.5) is 4.79 Å². The largest absolute Gasteiger partial charge is 0.467 e. The van der Waals surface area contributed by atoms with Crippen molar-refractivity contribution in [2.24, 2.45) is 0 Å². The van der Waals surface area contributed by atoms with Gasteiger partial charge in [-0.15, -0.1) is 11.3 Å². The maximum absolute atomic E-state index is 12.0. The molecule has 7 heteroatoms.